The van der Waals surface area contributed by atoms with E-state index in [2.05, 4.69) is 28.5 Å². The van der Waals surface area contributed by atoms with Crippen molar-refractivity contribution < 1.29 is 38.0 Å². The monoisotopic (exact) mass is 780 g/mol. The number of nitrogens with zero attached hydrogens (tertiary/aromatic N) is 2. The van der Waals surface area contributed by atoms with E-state index < -0.39 is 17.7 Å². The zero-order chi connectivity index (χ0) is 40.6. The molecule has 0 saturated heterocycles. The number of anilines is 2. The zero-order valence-electron chi connectivity index (χ0n) is 34.2. The molecule has 2 saturated carbocycles. The topological polar surface area (TPSA) is 129 Å². The number of fused-ring (bicyclic) bond motifs is 1. The standard InChI is InChI=1S/C45H56N4O8/c1-8-54-42(50)28-55-33-19-17-31(18-20-33)48-38-24-41(47-29-45(5)25-37(38)45)49(32-14-12-13-30(21-32)26-46-43(51)57-44(2,3)4)27-36-39(52-6)22-35(23-40(36)53-7)56-34-15-10-9-11-16-34/h12-14,17-24,29,34,48H,8-11,15-16,25-28H2,1-7H3,(H,46,51)/t45-/m0/s1. The van der Waals surface area contributed by atoms with E-state index >= 15 is 0 Å². The summed E-state index contributed by atoms with van der Waals surface area (Å²) < 4.78 is 34.6. The summed E-state index contributed by atoms with van der Waals surface area (Å²) in [6, 6.07) is 19.4. The van der Waals surface area contributed by atoms with Crippen LogP contribution in [0.4, 0.5) is 16.2 Å². The van der Waals surface area contributed by atoms with E-state index in [1.807, 2.05) is 87.6 Å². The number of aliphatic imine (C=N–C) groups is 1. The third-order valence-corrected chi connectivity index (χ3v) is 10.1. The Kier molecular flexibility index (Phi) is 13.0. The molecule has 1 atom stereocenters. The molecule has 0 aromatic heterocycles. The smallest absolute Gasteiger partial charge is 0.407 e. The van der Waals surface area contributed by atoms with Crippen molar-refractivity contribution >= 4 is 29.7 Å². The van der Waals surface area contributed by atoms with Gasteiger partial charge in [0.1, 0.15) is 34.4 Å². The van der Waals surface area contributed by atoms with Gasteiger partial charge in [-0.15, -0.1) is 0 Å². The van der Waals surface area contributed by atoms with Crippen LogP contribution in [0.5, 0.6) is 23.0 Å². The number of nitrogens with one attached hydrogen (secondary N) is 2. The van der Waals surface area contributed by atoms with Crippen LogP contribution in [0.15, 0.2) is 88.8 Å². The molecule has 0 unspecified atom stereocenters. The molecular weight excluding hydrogens is 725 g/mol. The fourth-order valence-corrected chi connectivity index (χ4v) is 7.05. The van der Waals surface area contributed by atoms with Crippen molar-refractivity contribution in [2.24, 2.45) is 10.4 Å². The second kappa shape index (κ2) is 18.1. The summed E-state index contributed by atoms with van der Waals surface area (Å²) in [4.78, 5) is 31.6. The normalized spacial score (nSPS) is 17.7. The lowest BCUT2D eigenvalue weighted by Crippen LogP contribution is -2.32. The van der Waals surface area contributed by atoms with Crippen molar-refractivity contribution in [3.8, 4) is 23.0 Å². The van der Waals surface area contributed by atoms with Crippen LogP contribution in [-0.4, -0.2) is 57.4 Å². The third kappa shape index (κ3) is 11.0. The minimum absolute atomic E-state index is 0.155. The first-order chi connectivity index (χ1) is 27.4. The zero-order valence-corrected chi connectivity index (χ0v) is 34.2. The Labute approximate surface area is 336 Å². The third-order valence-electron chi connectivity index (χ3n) is 10.1. The number of methoxy groups -OCH3 is 2. The van der Waals surface area contributed by atoms with Gasteiger partial charge in [-0.05, 0) is 107 Å². The SMILES string of the molecule is CCOC(=O)COc1ccc(NC2=C3C[C@@]3(C)C=NC(N(Cc3c(OC)cc(OC4CCCCC4)cc3OC)c3cccc(CNC(=O)OC(C)(C)C)c3)=C2)cc1. The predicted octanol–water partition coefficient (Wildman–Crippen LogP) is 9.09. The molecule has 1 amide bonds. The number of amides is 1. The van der Waals surface area contributed by atoms with Crippen molar-refractivity contribution in [1.82, 2.24) is 5.32 Å². The first kappa shape index (κ1) is 41.0. The summed E-state index contributed by atoms with van der Waals surface area (Å²) in [7, 11) is 3.32. The van der Waals surface area contributed by atoms with E-state index in [0.29, 0.717) is 36.2 Å². The highest BCUT2D eigenvalue weighted by atomic mass is 16.6. The van der Waals surface area contributed by atoms with Gasteiger partial charge in [-0.25, -0.2) is 14.6 Å². The number of carbonyl (C=O) groups is 2. The number of rotatable bonds is 16. The Hall–Kier alpha value is -5.65. The molecule has 0 radical (unpaired) electrons. The van der Waals surface area contributed by atoms with Gasteiger partial charge >= 0.3 is 12.1 Å². The van der Waals surface area contributed by atoms with Gasteiger partial charge in [0.15, 0.2) is 6.61 Å². The molecule has 0 spiro atoms. The van der Waals surface area contributed by atoms with E-state index in [9.17, 15) is 9.59 Å². The highest BCUT2D eigenvalue weighted by molar-refractivity contribution is 5.82. The van der Waals surface area contributed by atoms with E-state index in [-0.39, 0.29) is 24.7 Å². The number of hydrogen-bond donors (Lipinski definition) is 2. The fraction of sp³-hybridized carbons (Fsp3) is 0.444. The quantitative estimate of drug-likeness (QED) is 0.136. The highest BCUT2D eigenvalue weighted by Crippen LogP contribution is 2.53. The summed E-state index contributed by atoms with van der Waals surface area (Å²) in [5, 5.41) is 6.51. The molecule has 3 aromatic rings. The summed E-state index contributed by atoms with van der Waals surface area (Å²) in [5.41, 5.74) is 4.76. The largest absolute Gasteiger partial charge is 0.496 e. The van der Waals surface area contributed by atoms with Crippen LogP contribution >= 0.6 is 0 Å². The minimum Gasteiger partial charge on any atom is -0.496 e. The fourth-order valence-electron chi connectivity index (χ4n) is 7.05. The van der Waals surface area contributed by atoms with Gasteiger partial charge in [0.25, 0.3) is 0 Å². The molecule has 57 heavy (non-hydrogen) atoms. The molecule has 1 heterocycles. The first-order valence-electron chi connectivity index (χ1n) is 19.8. The van der Waals surface area contributed by atoms with E-state index in [1.54, 1.807) is 21.1 Å². The average molecular weight is 781 g/mol. The van der Waals surface area contributed by atoms with Crippen LogP contribution in [0, 0.1) is 5.41 Å². The number of alkyl carbamates (subject to hydrolysis) is 1. The predicted molar refractivity (Wildman–Crippen MR) is 221 cm³/mol. The van der Waals surface area contributed by atoms with E-state index in [0.717, 1.165) is 66.1 Å². The lowest BCUT2D eigenvalue weighted by atomic mass is 9.98. The number of hydrogen-bond acceptors (Lipinski definition) is 11. The Morgan fingerprint density at radius 1 is 0.947 bits per heavy atom. The number of benzene rings is 3. The van der Waals surface area contributed by atoms with Gasteiger partial charge in [-0.3, -0.25) is 0 Å². The van der Waals surface area contributed by atoms with Crippen LogP contribution in [-0.2, 0) is 27.4 Å². The highest BCUT2D eigenvalue weighted by Gasteiger charge is 2.46. The number of carbonyl (C=O) groups excluding carboxylic acids is 2. The maximum atomic E-state index is 12.6. The van der Waals surface area contributed by atoms with Gasteiger partial charge in [0.2, 0.25) is 0 Å². The van der Waals surface area contributed by atoms with Crippen molar-refractivity contribution in [1.29, 1.82) is 0 Å². The van der Waals surface area contributed by atoms with Crippen molar-refractivity contribution in [3.05, 3.63) is 95.0 Å². The van der Waals surface area contributed by atoms with Crippen molar-refractivity contribution in [2.75, 3.05) is 37.7 Å². The van der Waals surface area contributed by atoms with Crippen molar-refractivity contribution in [3.63, 3.8) is 0 Å². The molecule has 6 rings (SSSR count). The molecular formula is C45H56N4O8. The molecule has 3 aliphatic rings. The maximum Gasteiger partial charge on any atom is 0.407 e. The number of esters is 1. The van der Waals surface area contributed by atoms with Crippen molar-refractivity contribution in [2.45, 2.75) is 97.9 Å². The summed E-state index contributed by atoms with van der Waals surface area (Å²) in [6.45, 7) is 10.2. The molecule has 2 aliphatic carbocycles. The number of ether oxygens (including phenoxy) is 6. The Balaban J connectivity index is 1.33. The lowest BCUT2D eigenvalue weighted by molar-refractivity contribution is -0.145. The van der Waals surface area contributed by atoms with Crippen LogP contribution < -0.4 is 34.5 Å². The Morgan fingerprint density at radius 2 is 1.67 bits per heavy atom. The maximum absolute atomic E-state index is 12.6. The lowest BCUT2D eigenvalue weighted by Gasteiger charge is -2.28. The molecule has 2 fully saturated rings. The molecule has 12 heteroatoms. The summed E-state index contributed by atoms with van der Waals surface area (Å²) in [6.07, 6.45) is 10.3. The molecule has 12 nitrogen and oxygen atoms in total. The Morgan fingerprint density at radius 3 is 2.33 bits per heavy atom. The van der Waals surface area contributed by atoms with Crippen LogP contribution in [0.1, 0.15) is 84.3 Å². The molecule has 1 aliphatic heterocycles. The molecule has 3 aromatic carbocycles. The van der Waals surface area contributed by atoms with Gasteiger partial charge in [0, 0.05) is 53.5 Å². The molecule has 2 N–H and O–H groups in total. The average Bonchev–Trinajstić information content (AvgIpc) is 3.89. The van der Waals surface area contributed by atoms with Gasteiger partial charge < -0.3 is 44.0 Å². The summed E-state index contributed by atoms with van der Waals surface area (Å²) in [5.74, 6) is 2.84. The molecule has 0 bridgehead atoms. The van der Waals surface area contributed by atoms with Crippen LogP contribution in [0.3, 0.4) is 0 Å². The second-order valence-electron chi connectivity index (χ2n) is 15.8. The van der Waals surface area contributed by atoms with Crippen LogP contribution in [0.2, 0.25) is 0 Å². The summed E-state index contributed by atoms with van der Waals surface area (Å²) >= 11 is 0. The van der Waals surface area contributed by atoms with Gasteiger partial charge in [-0.1, -0.05) is 25.5 Å². The van der Waals surface area contributed by atoms with Crippen LogP contribution in [0.25, 0.3) is 0 Å². The van der Waals surface area contributed by atoms with E-state index in [1.165, 1.54) is 12.0 Å². The van der Waals surface area contributed by atoms with Gasteiger partial charge in [-0.2, -0.15) is 0 Å². The van der Waals surface area contributed by atoms with E-state index in [4.69, 9.17) is 33.4 Å². The number of allylic oxidation sites excluding steroid dienone is 2. The minimum atomic E-state index is -0.612. The Bertz CT molecular complexity index is 1970. The molecule has 304 valence electrons. The van der Waals surface area contributed by atoms with Gasteiger partial charge in [0.05, 0.1) is 39.0 Å². The second-order valence-corrected chi connectivity index (χ2v) is 15.8. The first-order valence-corrected chi connectivity index (χ1v) is 19.8.